The second-order valence-electron chi connectivity index (χ2n) is 6.10. The van der Waals surface area contributed by atoms with Gasteiger partial charge in [0, 0.05) is 18.7 Å². The van der Waals surface area contributed by atoms with Gasteiger partial charge in [-0.15, -0.1) is 0 Å². The molecule has 0 radical (unpaired) electrons. The normalized spacial score (nSPS) is 18.9. The van der Waals surface area contributed by atoms with Crippen molar-refractivity contribution in [3.05, 3.63) is 29.8 Å². The van der Waals surface area contributed by atoms with E-state index in [9.17, 15) is 9.90 Å². The predicted molar refractivity (Wildman–Crippen MR) is 82.5 cm³/mol. The van der Waals surface area contributed by atoms with Crippen LogP contribution in [0.3, 0.4) is 0 Å². The molecule has 1 aromatic carbocycles. The van der Waals surface area contributed by atoms with E-state index in [0.29, 0.717) is 24.6 Å². The van der Waals surface area contributed by atoms with Gasteiger partial charge in [-0.3, -0.25) is 4.79 Å². The Labute approximate surface area is 126 Å². The molecule has 116 valence electrons. The van der Waals surface area contributed by atoms with Crippen molar-refractivity contribution in [2.75, 3.05) is 19.7 Å². The van der Waals surface area contributed by atoms with Gasteiger partial charge in [0.15, 0.2) is 0 Å². The van der Waals surface area contributed by atoms with Crippen molar-refractivity contribution < 1.29 is 14.6 Å². The van der Waals surface area contributed by atoms with Gasteiger partial charge in [0.25, 0.3) is 5.91 Å². The zero-order valence-corrected chi connectivity index (χ0v) is 12.9. The van der Waals surface area contributed by atoms with Crippen LogP contribution in [-0.4, -0.2) is 41.7 Å². The Kier molecular flexibility index (Phi) is 5.62. The second kappa shape index (κ2) is 7.46. The number of amides is 1. The molecule has 0 aromatic heterocycles. The summed E-state index contributed by atoms with van der Waals surface area (Å²) in [6.45, 7) is 6.19. The minimum Gasteiger partial charge on any atom is -0.494 e. The fourth-order valence-corrected chi connectivity index (χ4v) is 2.43. The molecule has 0 saturated carbocycles. The highest BCUT2D eigenvalue weighted by Gasteiger charge is 2.22. The minimum atomic E-state index is -0.388. The number of piperidine rings is 1. The van der Waals surface area contributed by atoms with Crippen molar-refractivity contribution in [1.82, 2.24) is 4.90 Å². The lowest BCUT2D eigenvalue weighted by atomic mass is 10.1. The Balaban J connectivity index is 1.90. The summed E-state index contributed by atoms with van der Waals surface area (Å²) in [6.07, 6.45) is 2.28. The average molecular weight is 291 g/mol. The monoisotopic (exact) mass is 291 g/mol. The van der Waals surface area contributed by atoms with Gasteiger partial charge in [-0.25, -0.2) is 0 Å². The van der Waals surface area contributed by atoms with Crippen LogP contribution >= 0.6 is 0 Å². The Morgan fingerprint density at radius 2 is 2.10 bits per heavy atom. The lowest BCUT2D eigenvalue weighted by Crippen LogP contribution is -2.42. The van der Waals surface area contributed by atoms with Crippen LogP contribution in [0.4, 0.5) is 0 Å². The number of nitrogens with zero attached hydrogens (tertiary/aromatic N) is 1. The van der Waals surface area contributed by atoms with Gasteiger partial charge in [0.2, 0.25) is 0 Å². The van der Waals surface area contributed by atoms with Crippen molar-refractivity contribution in [1.29, 1.82) is 0 Å². The molecular formula is C17H25NO3. The van der Waals surface area contributed by atoms with Crippen LogP contribution in [0.15, 0.2) is 24.3 Å². The predicted octanol–water partition coefficient (Wildman–Crippen LogP) is 2.71. The Bertz CT molecular complexity index is 456. The largest absolute Gasteiger partial charge is 0.494 e. The zero-order valence-electron chi connectivity index (χ0n) is 12.9. The lowest BCUT2D eigenvalue weighted by molar-refractivity contribution is 0.0473. The van der Waals surface area contributed by atoms with Crippen molar-refractivity contribution in [3.63, 3.8) is 0 Å². The van der Waals surface area contributed by atoms with Crippen molar-refractivity contribution in [2.45, 2.75) is 39.2 Å². The van der Waals surface area contributed by atoms with Gasteiger partial charge in [0.05, 0.1) is 12.7 Å². The number of carbonyl (C=O) groups excluding carboxylic acids is 1. The topological polar surface area (TPSA) is 49.8 Å². The maximum absolute atomic E-state index is 12.3. The van der Waals surface area contributed by atoms with Crippen molar-refractivity contribution in [3.8, 4) is 5.75 Å². The summed E-state index contributed by atoms with van der Waals surface area (Å²) in [5, 5.41) is 9.65. The van der Waals surface area contributed by atoms with Crippen LogP contribution in [0.2, 0.25) is 0 Å². The van der Waals surface area contributed by atoms with Crippen LogP contribution in [-0.2, 0) is 0 Å². The van der Waals surface area contributed by atoms with Crippen LogP contribution in [0.5, 0.6) is 5.75 Å². The Hall–Kier alpha value is -1.55. The van der Waals surface area contributed by atoms with Gasteiger partial charge >= 0.3 is 0 Å². The smallest absolute Gasteiger partial charge is 0.253 e. The van der Waals surface area contributed by atoms with E-state index in [2.05, 4.69) is 13.8 Å². The van der Waals surface area contributed by atoms with Crippen LogP contribution < -0.4 is 4.74 Å². The molecule has 21 heavy (non-hydrogen) atoms. The van der Waals surface area contributed by atoms with Gasteiger partial charge in [-0.05, 0) is 49.4 Å². The molecule has 1 saturated heterocycles. The number of benzene rings is 1. The fourth-order valence-electron chi connectivity index (χ4n) is 2.43. The maximum Gasteiger partial charge on any atom is 0.253 e. The average Bonchev–Trinajstić information content (AvgIpc) is 2.47. The van der Waals surface area contributed by atoms with E-state index < -0.39 is 0 Å². The molecule has 1 aliphatic heterocycles. The number of carbonyl (C=O) groups is 1. The first kappa shape index (κ1) is 15.8. The molecular weight excluding hydrogens is 266 g/mol. The standard InChI is InChI=1S/C17H25NO3/c1-13(2)9-11-21-16-7-5-14(6-8-16)17(20)18-10-3-4-15(19)12-18/h5-8,13,15,19H,3-4,9-12H2,1-2H3. The molecule has 1 amide bonds. The maximum atomic E-state index is 12.3. The first-order chi connectivity index (χ1) is 10.1. The van der Waals surface area contributed by atoms with Gasteiger partial charge < -0.3 is 14.7 Å². The molecule has 0 aliphatic carbocycles. The van der Waals surface area contributed by atoms with Crippen molar-refractivity contribution in [2.24, 2.45) is 5.92 Å². The highest BCUT2D eigenvalue weighted by molar-refractivity contribution is 5.94. The summed E-state index contributed by atoms with van der Waals surface area (Å²) in [6, 6.07) is 7.28. The summed E-state index contributed by atoms with van der Waals surface area (Å²) >= 11 is 0. The number of hydrogen-bond donors (Lipinski definition) is 1. The third-order valence-electron chi connectivity index (χ3n) is 3.75. The molecule has 1 fully saturated rings. The highest BCUT2D eigenvalue weighted by Crippen LogP contribution is 2.17. The summed E-state index contributed by atoms with van der Waals surface area (Å²) in [7, 11) is 0. The summed E-state index contributed by atoms with van der Waals surface area (Å²) in [4.78, 5) is 14.1. The quantitative estimate of drug-likeness (QED) is 0.907. The van der Waals surface area contributed by atoms with Crippen LogP contribution in [0, 0.1) is 5.92 Å². The van der Waals surface area contributed by atoms with Crippen LogP contribution in [0.1, 0.15) is 43.5 Å². The molecule has 1 N–H and O–H groups in total. The summed E-state index contributed by atoms with van der Waals surface area (Å²) in [5.74, 6) is 1.41. The highest BCUT2D eigenvalue weighted by atomic mass is 16.5. The minimum absolute atomic E-state index is 0.0116. The van der Waals surface area contributed by atoms with E-state index in [4.69, 9.17) is 4.74 Å². The molecule has 1 heterocycles. The number of rotatable bonds is 5. The number of ether oxygens (including phenoxy) is 1. The molecule has 0 bridgehead atoms. The Morgan fingerprint density at radius 1 is 1.38 bits per heavy atom. The van der Waals surface area contributed by atoms with E-state index in [1.165, 1.54) is 0 Å². The van der Waals surface area contributed by atoms with E-state index in [1.807, 2.05) is 12.1 Å². The second-order valence-corrected chi connectivity index (χ2v) is 6.10. The molecule has 4 nitrogen and oxygen atoms in total. The van der Waals surface area contributed by atoms with E-state index in [1.54, 1.807) is 17.0 Å². The molecule has 1 unspecified atom stereocenters. The summed E-state index contributed by atoms with van der Waals surface area (Å²) < 4.78 is 5.65. The fraction of sp³-hybridized carbons (Fsp3) is 0.588. The van der Waals surface area contributed by atoms with E-state index in [0.717, 1.165) is 31.6 Å². The zero-order chi connectivity index (χ0) is 15.2. The molecule has 2 rings (SSSR count). The molecule has 4 heteroatoms. The van der Waals surface area contributed by atoms with E-state index in [-0.39, 0.29) is 12.0 Å². The molecule has 0 spiro atoms. The number of β-amino-alcohol motifs (C(OH)–C–C–N with tert-alkyl or cyclic N) is 1. The number of aliphatic hydroxyl groups excluding tert-OH is 1. The number of likely N-dealkylation sites (tertiary alicyclic amines) is 1. The third kappa shape index (κ3) is 4.74. The van der Waals surface area contributed by atoms with Crippen molar-refractivity contribution >= 4 is 5.91 Å². The molecule has 1 aliphatic rings. The first-order valence-electron chi connectivity index (χ1n) is 7.76. The SMILES string of the molecule is CC(C)CCOc1ccc(C(=O)N2CCCC(O)C2)cc1. The Morgan fingerprint density at radius 3 is 2.71 bits per heavy atom. The third-order valence-corrected chi connectivity index (χ3v) is 3.75. The van der Waals surface area contributed by atoms with Gasteiger partial charge in [-0.1, -0.05) is 13.8 Å². The lowest BCUT2D eigenvalue weighted by Gasteiger charge is -2.30. The van der Waals surface area contributed by atoms with E-state index >= 15 is 0 Å². The summed E-state index contributed by atoms with van der Waals surface area (Å²) in [5.41, 5.74) is 0.653. The van der Waals surface area contributed by atoms with Crippen LogP contribution in [0.25, 0.3) is 0 Å². The number of aliphatic hydroxyl groups is 1. The number of hydrogen-bond acceptors (Lipinski definition) is 3. The molecule has 1 atom stereocenters. The first-order valence-corrected chi connectivity index (χ1v) is 7.76. The van der Waals surface area contributed by atoms with Gasteiger partial charge in [-0.2, -0.15) is 0 Å². The molecule has 1 aromatic rings. The van der Waals surface area contributed by atoms with Gasteiger partial charge in [0.1, 0.15) is 5.75 Å².